The minimum Gasteiger partial charge on any atom is -0.258 e. The highest BCUT2D eigenvalue weighted by Gasteiger charge is 2.21. The average molecular weight is 203 g/mol. The number of aromatic nitrogens is 1. The lowest BCUT2D eigenvalue weighted by atomic mass is 9.90. The largest absolute Gasteiger partial charge is 0.258 e. The van der Waals surface area contributed by atoms with Gasteiger partial charge in [-0.2, -0.15) is 0 Å². The number of nitrogens with zero attached hydrogens (tertiary/aromatic N) is 1. The Morgan fingerprint density at radius 2 is 2.00 bits per heavy atom. The minimum absolute atomic E-state index is 0.610. The number of hydrogen-bond donors (Lipinski definition) is 0. The van der Waals surface area contributed by atoms with Crippen molar-refractivity contribution in [3.63, 3.8) is 0 Å². The van der Waals surface area contributed by atoms with Gasteiger partial charge in [0.2, 0.25) is 0 Å². The van der Waals surface area contributed by atoms with Crippen LogP contribution in [0.1, 0.15) is 61.2 Å². The minimum atomic E-state index is 0.610. The number of hydrogen-bond acceptors (Lipinski definition) is 1. The molecule has 1 heteroatoms. The number of fused-ring (bicyclic) bond motifs is 1. The summed E-state index contributed by atoms with van der Waals surface area (Å²) >= 11 is 0. The lowest BCUT2D eigenvalue weighted by molar-refractivity contribution is 0.808. The van der Waals surface area contributed by atoms with Gasteiger partial charge in [-0.05, 0) is 55.2 Å². The zero-order valence-electron chi connectivity index (χ0n) is 10.4. The molecule has 15 heavy (non-hydrogen) atoms. The van der Waals surface area contributed by atoms with Crippen LogP contribution in [-0.4, -0.2) is 4.98 Å². The molecule has 1 nitrogen and oxygen atoms in total. The van der Waals surface area contributed by atoms with Crippen LogP contribution in [0.3, 0.4) is 0 Å². The molecule has 82 valence electrons. The van der Waals surface area contributed by atoms with Crippen LogP contribution in [0.5, 0.6) is 0 Å². The Bertz CT molecular complexity index is 377. The van der Waals surface area contributed by atoms with E-state index in [2.05, 4.69) is 27.7 Å². The van der Waals surface area contributed by atoms with Gasteiger partial charge in [-0.3, -0.25) is 4.98 Å². The monoisotopic (exact) mass is 203 g/mol. The molecule has 0 amide bonds. The fourth-order valence-electron chi connectivity index (χ4n) is 2.99. The lowest BCUT2D eigenvalue weighted by Crippen LogP contribution is -2.07. The first kappa shape index (κ1) is 10.7. The number of pyridine rings is 1. The van der Waals surface area contributed by atoms with Crippen LogP contribution >= 0.6 is 0 Å². The summed E-state index contributed by atoms with van der Waals surface area (Å²) in [6, 6.07) is 0. The summed E-state index contributed by atoms with van der Waals surface area (Å²) in [4.78, 5) is 4.78. The van der Waals surface area contributed by atoms with E-state index >= 15 is 0 Å². The summed E-state index contributed by atoms with van der Waals surface area (Å²) in [6.45, 7) is 9.02. The zero-order valence-corrected chi connectivity index (χ0v) is 10.4. The fraction of sp³-hybridized carbons (Fsp3) is 0.643. The van der Waals surface area contributed by atoms with Gasteiger partial charge < -0.3 is 0 Å². The molecule has 1 aliphatic rings. The van der Waals surface area contributed by atoms with Crippen molar-refractivity contribution in [1.82, 2.24) is 4.98 Å². The van der Waals surface area contributed by atoms with E-state index in [-0.39, 0.29) is 0 Å². The molecule has 1 aromatic rings. The van der Waals surface area contributed by atoms with Crippen molar-refractivity contribution < 1.29 is 0 Å². The van der Waals surface area contributed by atoms with Crippen molar-refractivity contribution in [3.05, 3.63) is 28.1 Å². The van der Waals surface area contributed by atoms with Gasteiger partial charge in [0.1, 0.15) is 0 Å². The Balaban J connectivity index is 2.64. The van der Waals surface area contributed by atoms with E-state index in [9.17, 15) is 0 Å². The third kappa shape index (κ3) is 1.68. The first-order chi connectivity index (χ1) is 7.15. The molecule has 0 unspecified atom stereocenters. The first-order valence-corrected chi connectivity index (χ1v) is 6.16. The van der Waals surface area contributed by atoms with E-state index in [1.807, 2.05) is 0 Å². The summed E-state index contributed by atoms with van der Waals surface area (Å²) < 4.78 is 0. The number of aryl methyl sites for hydroxylation is 2. The first-order valence-electron chi connectivity index (χ1n) is 6.16. The maximum Gasteiger partial charge on any atom is 0.0441 e. The standard InChI is InChI=1S/C14H21N/c1-5-11-12-7-6-8-13(12)15-10(4)14(11)9(2)3/h9H,5-8H2,1-4H3. The summed E-state index contributed by atoms with van der Waals surface area (Å²) in [5, 5.41) is 0. The Labute approximate surface area is 92.9 Å². The van der Waals surface area contributed by atoms with Crippen LogP contribution in [0, 0.1) is 6.92 Å². The van der Waals surface area contributed by atoms with Gasteiger partial charge in [-0.15, -0.1) is 0 Å². The molecule has 2 rings (SSSR count). The molecule has 1 aromatic heterocycles. The van der Waals surface area contributed by atoms with Crippen LogP contribution in [0.4, 0.5) is 0 Å². The Morgan fingerprint density at radius 1 is 1.27 bits per heavy atom. The molecule has 0 radical (unpaired) electrons. The zero-order chi connectivity index (χ0) is 11.0. The molecule has 0 spiro atoms. The molecular weight excluding hydrogens is 182 g/mol. The van der Waals surface area contributed by atoms with Crippen molar-refractivity contribution in [1.29, 1.82) is 0 Å². The lowest BCUT2D eigenvalue weighted by Gasteiger charge is -2.18. The van der Waals surface area contributed by atoms with E-state index in [0.717, 1.165) is 0 Å². The molecule has 0 fully saturated rings. The van der Waals surface area contributed by atoms with Gasteiger partial charge in [0.25, 0.3) is 0 Å². The van der Waals surface area contributed by atoms with Crippen LogP contribution in [0.2, 0.25) is 0 Å². The topological polar surface area (TPSA) is 12.9 Å². The van der Waals surface area contributed by atoms with Crippen molar-refractivity contribution in [2.75, 3.05) is 0 Å². The maximum absolute atomic E-state index is 4.78. The second-order valence-corrected chi connectivity index (χ2v) is 4.88. The average Bonchev–Trinajstić information content (AvgIpc) is 2.62. The van der Waals surface area contributed by atoms with Crippen LogP contribution < -0.4 is 0 Å². The predicted octanol–water partition coefficient (Wildman–Crippen LogP) is 3.56. The van der Waals surface area contributed by atoms with Crippen LogP contribution in [0.25, 0.3) is 0 Å². The van der Waals surface area contributed by atoms with E-state index in [1.54, 1.807) is 11.1 Å². The third-order valence-corrected chi connectivity index (χ3v) is 3.50. The van der Waals surface area contributed by atoms with E-state index < -0.39 is 0 Å². The van der Waals surface area contributed by atoms with Crippen LogP contribution in [0.15, 0.2) is 0 Å². The second kappa shape index (κ2) is 3.96. The van der Waals surface area contributed by atoms with Crippen molar-refractivity contribution in [2.45, 2.75) is 59.3 Å². The summed E-state index contributed by atoms with van der Waals surface area (Å²) in [5.41, 5.74) is 7.34. The fourth-order valence-corrected chi connectivity index (χ4v) is 2.99. The van der Waals surface area contributed by atoms with Crippen LogP contribution in [-0.2, 0) is 19.3 Å². The van der Waals surface area contributed by atoms with Crippen molar-refractivity contribution in [2.24, 2.45) is 0 Å². The Morgan fingerprint density at radius 3 is 2.60 bits per heavy atom. The molecule has 1 aliphatic carbocycles. The SMILES string of the molecule is CCc1c2c(nc(C)c1C(C)C)CCC2. The molecule has 0 atom stereocenters. The summed E-state index contributed by atoms with van der Waals surface area (Å²) in [7, 11) is 0. The molecule has 0 aliphatic heterocycles. The molecule has 1 heterocycles. The summed E-state index contributed by atoms with van der Waals surface area (Å²) in [5.74, 6) is 0.610. The van der Waals surface area contributed by atoms with Gasteiger partial charge in [-0.25, -0.2) is 0 Å². The van der Waals surface area contributed by atoms with Gasteiger partial charge >= 0.3 is 0 Å². The molecule has 0 aromatic carbocycles. The highest BCUT2D eigenvalue weighted by molar-refractivity contribution is 5.44. The molecule has 0 saturated heterocycles. The molecule has 0 bridgehead atoms. The molecule has 0 N–H and O–H groups in total. The number of rotatable bonds is 2. The quantitative estimate of drug-likeness (QED) is 0.716. The third-order valence-electron chi connectivity index (χ3n) is 3.50. The van der Waals surface area contributed by atoms with Gasteiger partial charge in [0.15, 0.2) is 0 Å². The summed E-state index contributed by atoms with van der Waals surface area (Å²) in [6.07, 6.45) is 4.92. The molecule has 0 saturated carbocycles. The highest BCUT2D eigenvalue weighted by atomic mass is 14.7. The smallest absolute Gasteiger partial charge is 0.0441 e. The normalized spacial score (nSPS) is 14.7. The van der Waals surface area contributed by atoms with Crippen molar-refractivity contribution in [3.8, 4) is 0 Å². The van der Waals surface area contributed by atoms with E-state index in [1.165, 1.54) is 42.6 Å². The van der Waals surface area contributed by atoms with Gasteiger partial charge in [-0.1, -0.05) is 20.8 Å². The second-order valence-electron chi connectivity index (χ2n) is 4.88. The van der Waals surface area contributed by atoms with E-state index in [0.29, 0.717) is 5.92 Å². The maximum atomic E-state index is 4.78. The van der Waals surface area contributed by atoms with Gasteiger partial charge in [0.05, 0.1) is 0 Å². The van der Waals surface area contributed by atoms with E-state index in [4.69, 9.17) is 4.98 Å². The Hall–Kier alpha value is -0.850. The predicted molar refractivity (Wildman–Crippen MR) is 64.5 cm³/mol. The van der Waals surface area contributed by atoms with Crippen molar-refractivity contribution >= 4 is 0 Å². The highest BCUT2D eigenvalue weighted by Crippen LogP contribution is 2.32. The molecular formula is C14H21N. The van der Waals surface area contributed by atoms with Gasteiger partial charge in [0, 0.05) is 11.4 Å². The Kier molecular flexibility index (Phi) is 2.81.